The second-order valence-electron chi connectivity index (χ2n) is 5.48. The van der Waals surface area contributed by atoms with Crippen LogP contribution in [0, 0.1) is 0 Å². The summed E-state index contributed by atoms with van der Waals surface area (Å²) in [7, 11) is 0. The highest BCUT2D eigenvalue weighted by Gasteiger charge is 2.37. The summed E-state index contributed by atoms with van der Waals surface area (Å²) in [5.41, 5.74) is 0.348. The Balaban J connectivity index is 2.53. The first-order chi connectivity index (χ1) is 8.72. The maximum Gasteiger partial charge on any atom is 0.0593 e. The molecule has 0 radical (unpaired) electrons. The van der Waals surface area contributed by atoms with Gasteiger partial charge in [0.25, 0.3) is 0 Å². The molecule has 0 aliphatic carbocycles. The van der Waals surface area contributed by atoms with Crippen LogP contribution in [0.2, 0.25) is 0 Å². The van der Waals surface area contributed by atoms with Crippen LogP contribution in [0.4, 0.5) is 0 Å². The Bertz CT molecular complexity index is 217. The van der Waals surface area contributed by atoms with E-state index in [-0.39, 0.29) is 0 Å². The molecule has 1 saturated heterocycles. The molecule has 0 aromatic carbocycles. The van der Waals surface area contributed by atoms with E-state index in [1.807, 2.05) is 0 Å². The van der Waals surface area contributed by atoms with E-state index in [4.69, 9.17) is 4.74 Å². The Morgan fingerprint density at radius 3 is 2.44 bits per heavy atom. The number of rotatable bonds is 8. The minimum absolute atomic E-state index is 0.348. The molecule has 1 aliphatic heterocycles. The van der Waals surface area contributed by atoms with E-state index in [1.165, 1.54) is 25.8 Å². The van der Waals surface area contributed by atoms with Gasteiger partial charge in [0.1, 0.15) is 0 Å². The maximum atomic E-state index is 5.67. The van der Waals surface area contributed by atoms with Crippen molar-refractivity contribution in [2.75, 3.05) is 32.8 Å². The predicted molar refractivity (Wildman–Crippen MR) is 78.1 cm³/mol. The van der Waals surface area contributed by atoms with Crippen molar-refractivity contribution in [2.45, 2.75) is 65.0 Å². The van der Waals surface area contributed by atoms with E-state index >= 15 is 0 Å². The Kier molecular flexibility index (Phi) is 7.20. The average Bonchev–Trinajstić information content (AvgIpc) is 2.43. The summed E-state index contributed by atoms with van der Waals surface area (Å²) in [6, 6.07) is 0.655. The molecule has 0 aromatic heterocycles. The number of hydrogen-bond donors (Lipinski definition) is 1. The first-order valence-electron chi connectivity index (χ1n) is 7.78. The first kappa shape index (κ1) is 15.9. The highest BCUT2D eigenvalue weighted by molar-refractivity contribution is 4.97. The van der Waals surface area contributed by atoms with Crippen molar-refractivity contribution in [1.29, 1.82) is 0 Å². The Labute approximate surface area is 113 Å². The van der Waals surface area contributed by atoms with Gasteiger partial charge in [0.15, 0.2) is 0 Å². The standard InChI is InChI=1S/C15H32N2O/c1-5-10-18-11-9-17-12-14(6-2)16-13-15(17,7-3)8-4/h14,16H,5-13H2,1-4H3. The molecule has 1 aliphatic rings. The van der Waals surface area contributed by atoms with Crippen LogP contribution in [0.3, 0.4) is 0 Å². The largest absolute Gasteiger partial charge is 0.380 e. The quantitative estimate of drug-likeness (QED) is 0.676. The fraction of sp³-hybridized carbons (Fsp3) is 1.00. The molecule has 18 heavy (non-hydrogen) atoms. The lowest BCUT2D eigenvalue weighted by Crippen LogP contribution is -2.64. The highest BCUT2D eigenvalue weighted by atomic mass is 16.5. The molecule has 3 nitrogen and oxygen atoms in total. The van der Waals surface area contributed by atoms with Crippen LogP contribution in [-0.2, 0) is 4.74 Å². The van der Waals surface area contributed by atoms with Crippen LogP contribution in [0.1, 0.15) is 53.4 Å². The van der Waals surface area contributed by atoms with Gasteiger partial charge in [-0.2, -0.15) is 0 Å². The second-order valence-corrected chi connectivity index (χ2v) is 5.48. The normalized spacial score (nSPS) is 24.3. The molecular formula is C15H32N2O. The zero-order chi connectivity index (χ0) is 13.4. The van der Waals surface area contributed by atoms with E-state index < -0.39 is 0 Å². The third kappa shape index (κ3) is 3.94. The third-order valence-electron chi connectivity index (χ3n) is 4.49. The summed E-state index contributed by atoms with van der Waals surface area (Å²) in [5.74, 6) is 0. The van der Waals surface area contributed by atoms with Crippen LogP contribution in [-0.4, -0.2) is 49.3 Å². The lowest BCUT2D eigenvalue weighted by atomic mass is 9.87. The molecule has 1 fully saturated rings. The molecule has 1 rings (SSSR count). The summed E-state index contributed by atoms with van der Waals surface area (Å²) < 4.78 is 5.67. The minimum Gasteiger partial charge on any atom is -0.380 e. The van der Waals surface area contributed by atoms with E-state index in [1.54, 1.807) is 0 Å². The maximum absolute atomic E-state index is 5.67. The topological polar surface area (TPSA) is 24.5 Å². The molecule has 1 atom stereocenters. The first-order valence-corrected chi connectivity index (χ1v) is 7.78. The summed E-state index contributed by atoms with van der Waals surface area (Å²) >= 11 is 0. The molecular weight excluding hydrogens is 224 g/mol. The van der Waals surface area contributed by atoms with Gasteiger partial charge in [0.05, 0.1) is 6.61 Å². The average molecular weight is 256 g/mol. The monoisotopic (exact) mass is 256 g/mol. The van der Waals surface area contributed by atoms with Crippen molar-refractivity contribution in [3.05, 3.63) is 0 Å². The third-order valence-corrected chi connectivity index (χ3v) is 4.49. The summed E-state index contributed by atoms with van der Waals surface area (Å²) in [5, 5.41) is 3.71. The van der Waals surface area contributed by atoms with Crippen LogP contribution < -0.4 is 5.32 Å². The van der Waals surface area contributed by atoms with Gasteiger partial charge < -0.3 is 10.1 Å². The van der Waals surface area contributed by atoms with Crippen molar-refractivity contribution < 1.29 is 4.74 Å². The fourth-order valence-electron chi connectivity index (χ4n) is 2.94. The number of nitrogens with zero attached hydrogens (tertiary/aromatic N) is 1. The van der Waals surface area contributed by atoms with E-state index in [0.29, 0.717) is 11.6 Å². The summed E-state index contributed by atoms with van der Waals surface area (Å²) in [6.07, 6.45) is 4.78. The van der Waals surface area contributed by atoms with Crippen molar-refractivity contribution in [3.8, 4) is 0 Å². The fourth-order valence-corrected chi connectivity index (χ4v) is 2.94. The van der Waals surface area contributed by atoms with Crippen molar-refractivity contribution >= 4 is 0 Å². The van der Waals surface area contributed by atoms with Gasteiger partial charge in [-0.3, -0.25) is 4.90 Å². The van der Waals surface area contributed by atoms with E-state index in [9.17, 15) is 0 Å². The van der Waals surface area contributed by atoms with Gasteiger partial charge in [0, 0.05) is 37.8 Å². The van der Waals surface area contributed by atoms with Gasteiger partial charge in [0.2, 0.25) is 0 Å². The Morgan fingerprint density at radius 2 is 1.89 bits per heavy atom. The Morgan fingerprint density at radius 1 is 1.17 bits per heavy atom. The number of nitrogens with one attached hydrogen (secondary N) is 1. The van der Waals surface area contributed by atoms with Crippen molar-refractivity contribution in [2.24, 2.45) is 0 Å². The van der Waals surface area contributed by atoms with Crippen LogP contribution >= 0.6 is 0 Å². The SMILES string of the molecule is CCCOCCN1CC(CC)NCC1(CC)CC. The molecule has 1 N–H and O–H groups in total. The van der Waals surface area contributed by atoms with Gasteiger partial charge in [-0.15, -0.1) is 0 Å². The van der Waals surface area contributed by atoms with E-state index in [0.717, 1.165) is 32.7 Å². The molecule has 3 heteroatoms. The summed E-state index contributed by atoms with van der Waals surface area (Å²) in [6.45, 7) is 14.2. The zero-order valence-corrected chi connectivity index (χ0v) is 12.8. The predicted octanol–water partition coefficient (Wildman–Crippen LogP) is 2.66. The zero-order valence-electron chi connectivity index (χ0n) is 12.8. The molecule has 0 spiro atoms. The summed E-state index contributed by atoms with van der Waals surface area (Å²) in [4.78, 5) is 2.67. The minimum atomic E-state index is 0.348. The van der Waals surface area contributed by atoms with Gasteiger partial charge in [-0.05, 0) is 25.7 Å². The molecule has 108 valence electrons. The second kappa shape index (κ2) is 8.13. The number of ether oxygens (including phenoxy) is 1. The molecule has 0 amide bonds. The van der Waals surface area contributed by atoms with Crippen LogP contribution in [0.5, 0.6) is 0 Å². The van der Waals surface area contributed by atoms with Gasteiger partial charge in [-0.25, -0.2) is 0 Å². The van der Waals surface area contributed by atoms with Crippen molar-refractivity contribution in [1.82, 2.24) is 10.2 Å². The molecule has 1 heterocycles. The molecule has 1 unspecified atom stereocenters. The number of piperazine rings is 1. The Hall–Kier alpha value is -0.120. The van der Waals surface area contributed by atoms with Crippen LogP contribution in [0.15, 0.2) is 0 Å². The lowest BCUT2D eigenvalue weighted by Gasteiger charge is -2.49. The molecule has 0 bridgehead atoms. The molecule has 0 aromatic rings. The van der Waals surface area contributed by atoms with Gasteiger partial charge >= 0.3 is 0 Å². The van der Waals surface area contributed by atoms with Crippen molar-refractivity contribution in [3.63, 3.8) is 0 Å². The van der Waals surface area contributed by atoms with Crippen LogP contribution in [0.25, 0.3) is 0 Å². The number of hydrogen-bond acceptors (Lipinski definition) is 3. The van der Waals surface area contributed by atoms with Gasteiger partial charge in [-0.1, -0.05) is 27.7 Å². The smallest absolute Gasteiger partial charge is 0.0593 e. The van der Waals surface area contributed by atoms with E-state index in [2.05, 4.69) is 37.9 Å². The molecule has 0 saturated carbocycles. The lowest BCUT2D eigenvalue weighted by molar-refractivity contribution is 0.00419. The highest BCUT2D eigenvalue weighted by Crippen LogP contribution is 2.27.